The third kappa shape index (κ3) is 10.9. The molecule has 0 saturated heterocycles. The van der Waals surface area contributed by atoms with Gasteiger partial charge in [-0.15, -0.1) is 0 Å². The zero-order chi connectivity index (χ0) is 13.3. The summed E-state index contributed by atoms with van der Waals surface area (Å²) in [6.45, 7) is 3.81. The molecule has 2 N–H and O–H groups in total. The van der Waals surface area contributed by atoms with Gasteiger partial charge < -0.3 is 0 Å². The standard InChI is InChI=1S/C7H8.C4H9NO4S/c1-7-5-3-2-4-6-7;1-2-3-4(6)5-10(7,8)9/h2-6H,1H3;2-3H2,1H3,(H,5,6)(H,7,8,9). The molecule has 1 aromatic rings. The van der Waals surface area contributed by atoms with Crippen LogP contribution in [0.4, 0.5) is 0 Å². The van der Waals surface area contributed by atoms with Gasteiger partial charge in [0.25, 0.3) is 0 Å². The Balaban J connectivity index is 0.000000318. The Bertz CT molecular complexity index is 428. The molecule has 96 valence electrons. The molecule has 0 radical (unpaired) electrons. The molecule has 0 bridgehead atoms. The van der Waals surface area contributed by atoms with Crippen LogP contribution in [0, 0.1) is 6.92 Å². The minimum absolute atomic E-state index is 0.0970. The fraction of sp³-hybridized carbons (Fsp3) is 0.364. The molecule has 1 aromatic carbocycles. The second-order valence-electron chi connectivity index (χ2n) is 3.41. The number of amides is 1. The summed E-state index contributed by atoms with van der Waals surface area (Å²) in [6.07, 6.45) is 0.640. The third-order valence-corrected chi connectivity index (χ3v) is 2.15. The normalized spacial score (nSPS) is 10.1. The van der Waals surface area contributed by atoms with Crippen LogP contribution < -0.4 is 4.72 Å². The first-order valence-electron chi connectivity index (χ1n) is 5.15. The first kappa shape index (κ1) is 15.6. The largest absolute Gasteiger partial charge is 0.359 e. The van der Waals surface area contributed by atoms with E-state index in [0.29, 0.717) is 6.42 Å². The van der Waals surface area contributed by atoms with E-state index >= 15 is 0 Å². The van der Waals surface area contributed by atoms with Gasteiger partial charge in [-0.2, -0.15) is 8.42 Å². The van der Waals surface area contributed by atoms with E-state index in [-0.39, 0.29) is 6.42 Å². The first-order chi connectivity index (χ1) is 7.85. The molecule has 0 spiro atoms. The fourth-order valence-electron chi connectivity index (χ4n) is 0.956. The van der Waals surface area contributed by atoms with E-state index in [4.69, 9.17) is 4.55 Å². The van der Waals surface area contributed by atoms with E-state index in [1.807, 2.05) is 18.2 Å². The lowest BCUT2D eigenvalue weighted by atomic mass is 10.2. The molecule has 6 heteroatoms. The molecule has 0 unspecified atom stereocenters. The summed E-state index contributed by atoms with van der Waals surface area (Å²) in [5.74, 6) is -0.690. The summed E-state index contributed by atoms with van der Waals surface area (Å²) < 4.78 is 29.3. The van der Waals surface area contributed by atoms with Crippen molar-refractivity contribution in [1.29, 1.82) is 0 Å². The van der Waals surface area contributed by atoms with Gasteiger partial charge in [0, 0.05) is 6.42 Å². The average Bonchev–Trinajstić information content (AvgIpc) is 2.17. The Hall–Kier alpha value is -1.40. The molecule has 0 aliphatic rings. The number of nitrogens with one attached hydrogen (secondary N) is 1. The number of rotatable bonds is 3. The molecular formula is C11H17NO4S. The van der Waals surface area contributed by atoms with E-state index < -0.39 is 16.2 Å². The summed E-state index contributed by atoms with van der Waals surface area (Å²) in [4.78, 5) is 10.4. The molecule has 0 aliphatic carbocycles. The fourth-order valence-corrected chi connectivity index (χ4v) is 1.35. The Morgan fingerprint density at radius 1 is 1.29 bits per heavy atom. The monoisotopic (exact) mass is 259 g/mol. The highest BCUT2D eigenvalue weighted by Gasteiger charge is 2.07. The van der Waals surface area contributed by atoms with Crippen LogP contribution >= 0.6 is 0 Å². The predicted molar refractivity (Wildman–Crippen MR) is 65.8 cm³/mol. The highest BCUT2D eigenvalue weighted by molar-refractivity contribution is 7.84. The number of carbonyl (C=O) groups excluding carboxylic acids is 1. The van der Waals surface area contributed by atoms with Crippen molar-refractivity contribution in [3.05, 3.63) is 35.9 Å². The van der Waals surface area contributed by atoms with E-state index in [2.05, 4.69) is 19.1 Å². The average molecular weight is 259 g/mol. The quantitative estimate of drug-likeness (QED) is 0.809. The topological polar surface area (TPSA) is 83.5 Å². The van der Waals surface area contributed by atoms with Crippen LogP contribution in [0.15, 0.2) is 30.3 Å². The van der Waals surface area contributed by atoms with Gasteiger partial charge >= 0.3 is 10.3 Å². The van der Waals surface area contributed by atoms with Gasteiger partial charge in [0.1, 0.15) is 0 Å². The van der Waals surface area contributed by atoms with Crippen LogP contribution in [0.3, 0.4) is 0 Å². The lowest BCUT2D eigenvalue weighted by Crippen LogP contribution is -2.29. The summed E-state index contributed by atoms with van der Waals surface area (Å²) in [7, 11) is -4.35. The smallest absolute Gasteiger partial charge is 0.274 e. The summed E-state index contributed by atoms with van der Waals surface area (Å²) in [5.41, 5.74) is 1.32. The highest BCUT2D eigenvalue weighted by atomic mass is 32.2. The van der Waals surface area contributed by atoms with Crippen LogP contribution in [0.1, 0.15) is 25.3 Å². The molecule has 17 heavy (non-hydrogen) atoms. The lowest BCUT2D eigenvalue weighted by molar-refractivity contribution is -0.119. The summed E-state index contributed by atoms with van der Waals surface area (Å²) in [6, 6.07) is 10.3. The van der Waals surface area contributed by atoms with Crippen LogP contribution in [0.25, 0.3) is 0 Å². The molecule has 0 atom stereocenters. The maximum absolute atomic E-state index is 10.4. The van der Waals surface area contributed by atoms with Crippen LogP contribution in [-0.4, -0.2) is 18.9 Å². The van der Waals surface area contributed by atoms with Gasteiger partial charge in [-0.25, -0.2) is 4.72 Å². The molecule has 0 aromatic heterocycles. The van der Waals surface area contributed by atoms with Crippen molar-refractivity contribution in [1.82, 2.24) is 4.72 Å². The maximum atomic E-state index is 10.4. The van der Waals surface area contributed by atoms with E-state index in [0.717, 1.165) is 0 Å². The second kappa shape index (κ2) is 7.81. The van der Waals surface area contributed by atoms with E-state index in [1.165, 1.54) is 10.3 Å². The van der Waals surface area contributed by atoms with Crippen molar-refractivity contribution in [2.45, 2.75) is 26.7 Å². The molecule has 0 aliphatic heterocycles. The predicted octanol–water partition coefficient (Wildman–Crippen LogP) is 1.70. The minimum Gasteiger partial charge on any atom is -0.274 e. The summed E-state index contributed by atoms with van der Waals surface area (Å²) >= 11 is 0. The van der Waals surface area contributed by atoms with Crippen molar-refractivity contribution < 1.29 is 17.8 Å². The van der Waals surface area contributed by atoms with Crippen molar-refractivity contribution in [3.63, 3.8) is 0 Å². The molecular weight excluding hydrogens is 242 g/mol. The molecule has 0 heterocycles. The maximum Gasteiger partial charge on any atom is 0.359 e. The van der Waals surface area contributed by atoms with Crippen molar-refractivity contribution in [2.75, 3.05) is 0 Å². The summed E-state index contributed by atoms with van der Waals surface area (Å²) in [5, 5.41) is 0. The van der Waals surface area contributed by atoms with Crippen molar-refractivity contribution in [3.8, 4) is 0 Å². The van der Waals surface area contributed by atoms with Gasteiger partial charge in [-0.1, -0.05) is 42.8 Å². The SMILES string of the molecule is CCCC(=O)NS(=O)(=O)O.Cc1ccccc1. The van der Waals surface area contributed by atoms with Crippen LogP contribution in [0.5, 0.6) is 0 Å². The molecule has 1 amide bonds. The number of hydrogen-bond acceptors (Lipinski definition) is 3. The van der Waals surface area contributed by atoms with Crippen LogP contribution in [0.2, 0.25) is 0 Å². The van der Waals surface area contributed by atoms with Gasteiger partial charge in [0.2, 0.25) is 5.91 Å². The second-order valence-corrected chi connectivity index (χ2v) is 4.56. The number of benzene rings is 1. The number of carbonyl (C=O) groups is 1. The third-order valence-electron chi connectivity index (χ3n) is 1.66. The van der Waals surface area contributed by atoms with Crippen molar-refractivity contribution in [2.24, 2.45) is 0 Å². The zero-order valence-electron chi connectivity index (χ0n) is 9.88. The first-order valence-corrected chi connectivity index (χ1v) is 6.59. The number of hydrogen-bond donors (Lipinski definition) is 2. The number of aryl methyl sites for hydroxylation is 1. The molecule has 5 nitrogen and oxygen atoms in total. The molecule has 1 rings (SSSR count). The van der Waals surface area contributed by atoms with Gasteiger partial charge in [-0.3, -0.25) is 9.35 Å². The van der Waals surface area contributed by atoms with Crippen molar-refractivity contribution >= 4 is 16.2 Å². The minimum atomic E-state index is -4.35. The van der Waals surface area contributed by atoms with E-state index in [9.17, 15) is 13.2 Å². The van der Waals surface area contributed by atoms with E-state index in [1.54, 1.807) is 6.92 Å². The molecule has 0 saturated carbocycles. The Morgan fingerprint density at radius 3 is 2.12 bits per heavy atom. The Morgan fingerprint density at radius 2 is 1.82 bits per heavy atom. The lowest BCUT2D eigenvalue weighted by Gasteiger charge is -1.97. The van der Waals surface area contributed by atoms with Gasteiger partial charge in [0.05, 0.1) is 0 Å². The van der Waals surface area contributed by atoms with Gasteiger partial charge in [-0.05, 0) is 13.3 Å². The highest BCUT2D eigenvalue weighted by Crippen LogP contribution is 1.92. The Kier molecular flexibility index (Phi) is 7.16. The van der Waals surface area contributed by atoms with Gasteiger partial charge in [0.15, 0.2) is 0 Å². The molecule has 0 fully saturated rings. The Labute approximate surface area is 102 Å². The zero-order valence-corrected chi connectivity index (χ0v) is 10.7. The van der Waals surface area contributed by atoms with Crippen LogP contribution in [-0.2, 0) is 15.1 Å².